The summed E-state index contributed by atoms with van der Waals surface area (Å²) < 4.78 is 5.46. The Balaban J connectivity index is 1.89. The fraction of sp³-hybridized carbons (Fsp3) is 0.412. The molecule has 1 aromatic carbocycles. The van der Waals surface area contributed by atoms with Gasteiger partial charge in [-0.05, 0) is 38.0 Å². The molecular formula is C17H21N3O3. The van der Waals surface area contributed by atoms with Gasteiger partial charge in [0.2, 0.25) is 0 Å². The quantitative estimate of drug-likeness (QED) is 0.683. The summed E-state index contributed by atoms with van der Waals surface area (Å²) >= 11 is 0. The number of hydrogen-bond donors (Lipinski definition) is 1. The van der Waals surface area contributed by atoms with E-state index in [9.17, 15) is 9.59 Å². The minimum atomic E-state index is -0.378. The largest absolute Gasteiger partial charge is 0.496 e. The molecule has 0 aliphatic carbocycles. The van der Waals surface area contributed by atoms with Gasteiger partial charge >= 0.3 is 6.03 Å². The Morgan fingerprint density at radius 3 is 2.61 bits per heavy atom. The predicted molar refractivity (Wildman–Crippen MR) is 88.3 cm³/mol. The molecule has 0 atom stereocenters. The number of imide groups is 1. The second-order valence-electron chi connectivity index (χ2n) is 5.66. The molecule has 2 heterocycles. The fourth-order valence-electron chi connectivity index (χ4n) is 3.01. The van der Waals surface area contributed by atoms with E-state index in [-0.39, 0.29) is 17.6 Å². The highest BCUT2D eigenvalue weighted by molar-refractivity contribution is 6.14. The van der Waals surface area contributed by atoms with Crippen LogP contribution in [0.3, 0.4) is 0 Å². The summed E-state index contributed by atoms with van der Waals surface area (Å²) in [4.78, 5) is 27.4. The van der Waals surface area contributed by atoms with Crippen molar-refractivity contribution in [3.8, 4) is 5.75 Å². The van der Waals surface area contributed by atoms with Crippen molar-refractivity contribution >= 4 is 23.7 Å². The van der Waals surface area contributed by atoms with Crippen LogP contribution in [0.5, 0.6) is 5.75 Å². The van der Waals surface area contributed by atoms with Crippen molar-refractivity contribution in [1.82, 2.24) is 10.2 Å². The van der Waals surface area contributed by atoms with Gasteiger partial charge < -0.3 is 15.0 Å². The average Bonchev–Trinajstić information content (AvgIpc) is 3.17. The molecule has 0 saturated carbocycles. The fourth-order valence-corrected chi connectivity index (χ4v) is 3.01. The molecule has 2 saturated heterocycles. The zero-order valence-electron chi connectivity index (χ0n) is 13.5. The zero-order chi connectivity index (χ0) is 16.4. The van der Waals surface area contributed by atoms with Gasteiger partial charge in [0.15, 0.2) is 0 Å². The lowest BCUT2D eigenvalue weighted by molar-refractivity contribution is -0.122. The minimum absolute atomic E-state index is 0.282. The van der Waals surface area contributed by atoms with Gasteiger partial charge in [-0.1, -0.05) is 0 Å². The molecule has 3 rings (SSSR count). The van der Waals surface area contributed by atoms with E-state index in [1.807, 2.05) is 18.2 Å². The van der Waals surface area contributed by atoms with Gasteiger partial charge in [-0.2, -0.15) is 0 Å². The molecule has 2 fully saturated rings. The Bertz CT molecular complexity index is 663. The Hall–Kier alpha value is -2.50. The number of carbonyl (C=O) groups is 2. The van der Waals surface area contributed by atoms with Gasteiger partial charge in [-0.3, -0.25) is 9.69 Å². The molecule has 2 aliphatic rings. The van der Waals surface area contributed by atoms with Crippen LogP contribution in [0, 0.1) is 0 Å². The van der Waals surface area contributed by atoms with E-state index in [4.69, 9.17) is 4.74 Å². The molecule has 1 aromatic rings. The number of methoxy groups -OCH3 is 1. The van der Waals surface area contributed by atoms with E-state index < -0.39 is 0 Å². The van der Waals surface area contributed by atoms with Crippen molar-refractivity contribution in [2.75, 3.05) is 31.6 Å². The standard InChI is InChI=1S/C17H21N3O3/c1-3-20-16(21)14(18-17(20)22)10-12-6-7-13(11-15(12)23-2)19-8-4-5-9-19/h6-7,10-11H,3-5,8-9H2,1-2H3,(H,18,22)/b14-10-. The summed E-state index contributed by atoms with van der Waals surface area (Å²) in [5.74, 6) is 0.391. The maximum absolute atomic E-state index is 12.2. The van der Waals surface area contributed by atoms with Gasteiger partial charge in [0.25, 0.3) is 5.91 Å². The van der Waals surface area contributed by atoms with Gasteiger partial charge in [0.05, 0.1) is 7.11 Å². The van der Waals surface area contributed by atoms with Crippen molar-refractivity contribution in [3.63, 3.8) is 0 Å². The molecule has 3 amide bonds. The van der Waals surface area contributed by atoms with Crippen molar-refractivity contribution in [2.45, 2.75) is 19.8 Å². The number of likely N-dealkylation sites (N-methyl/N-ethyl adjacent to an activating group) is 1. The smallest absolute Gasteiger partial charge is 0.328 e. The summed E-state index contributed by atoms with van der Waals surface area (Å²) in [7, 11) is 1.61. The van der Waals surface area contributed by atoms with Gasteiger partial charge in [-0.25, -0.2) is 4.79 Å². The number of amides is 3. The molecular weight excluding hydrogens is 294 g/mol. The summed E-state index contributed by atoms with van der Waals surface area (Å²) in [6, 6.07) is 5.56. The first-order chi connectivity index (χ1) is 11.1. The van der Waals surface area contributed by atoms with E-state index in [0.717, 1.165) is 24.3 Å². The third-order valence-corrected chi connectivity index (χ3v) is 4.27. The maximum atomic E-state index is 12.2. The summed E-state index contributed by atoms with van der Waals surface area (Å²) in [5.41, 5.74) is 2.18. The van der Waals surface area contributed by atoms with Crippen LogP contribution in [0.2, 0.25) is 0 Å². The maximum Gasteiger partial charge on any atom is 0.328 e. The van der Waals surface area contributed by atoms with Crippen LogP contribution in [0.1, 0.15) is 25.3 Å². The molecule has 2 aliphatic heterocycles. The Kier molecular flexibility index (Phi) is 4.23. The minimum Gasteiger partial charge on any atom is -0.496 e. The monoisotopic (exact) mass is 315 g/mol. The topological polar surface area (TPSA) is 61.9 Å². The molecule has 122 valence electrons. The molecule has 6 heteroatoms. The first-order valence-electron chi connectivity index (χ1n) is 7.91. The number of carbonyl (C=O) groups excluding carboxylic acids is 2. The normalized spacial score (nSPS) is 19.7. The number of rotatable bonds is 4. The van der Waals surface area contributed by atoms with Crippen molar-refractivity contribution in [1.29, 1.82) is 0 Å². The molecule has 0 radical (unpaired) electrons. The van der Waals surface area contributed by atoms with E-state index >= 15 is 0 Å². The third-order valence-electron chi connectivity index (χ3n) is 4.27. The zero-order valence-corrected chi connectivity index (χ0v) is 13.5. The molecule has 0 aromatic heterocycles. The van der Waals surface area contributed by atoms with Crippen LogP contribution in [-0.2, 0) is 4.79 Å². The Labute approximate surface area is 135 Å². The Morgan fingerprint density at radius 1 is 1.26 bits per heavy atom. The van der Waals surface area contributed by atoms with Crippen LogP contribution < -0.4 is 15.0 Å². The molecule has 0 spiro atoms. The average molecular weight is 315 g/mol. The molecule has 1 N–H and O–H groups in total. The van der Waals surface area contributed by atoms with Crippen LogP contribution >= 0.6 is 0 Å². The third kappa shape index (κ3) is 2.88. The Morgan fingerprint density at radius 2 is 2.00 bits per heavy atom. The van der Waals surface area contributed by atoms with Gasteiger partial charge in [-0.15, -0.1) is 0 Å². The number of ether oxygens (including phenoxy) is 1. The number of nitrogens with zero attached hydrogens (tertiary/aromatic N) is 2. The molecule has 0 bridgehead atoms. The van der Waals surface area contributed by atoms with Crippen LogP contribution in [0.15, 0.2) is 23.9 Å². The first-order valence-corrected chi connectivity index (χ1v) is 7.91. The number of nitrogens with one attached hydrogen (secondary N) is 1. The molecule has 23 heavy (non-hydrogen) atoms. The lowest BCUT2D eigenvalue weighted by Gasteiger charge is -2.19. The first kappa shape index (κ1) is 15.4. The highest BCUT2D eigenvalue weighted by Crippen LogP contribution is 2.29. The second-order valence-corrected chi connectivity index (χ2v) is 5.66. The van der Waals surface area contributed by atoms with Crippen molar-refractivity contribution < 1.29 is 14.3 Å². The SMILES string of the molecule is CCN1C(=O)N/C(=C\c2ccc(N3CCCC3)cc2OC)C1=O. The lowest BCUT2D eigenvalue weighted by atomic mass is 10.1. The van der Waals surface area contributed by atoms with Gasteiger partial charge in [0, 0.05) is 37.0 Å². The van der Waals surface area contributed by atoms with Crippen molar-refractivity contribution in [2.24, 2.45) is 0 Å². The second kappa shape index (κ2) is 6.32. The number of urea groups is 1. The predicted octanol–water partition coefficient (Wildman–Crippen LogP) is 2.21. The van der Waals surface area contributed by atoms with Crippen molar-refractivity contribution in [3.05, 3.63) is 29.5 Å². The summed E-state index contributed by atoms with van der Waals surface area (Å²) in [5, 5.41) is 2.61. The van der Waals surface area contributed by atoms with E-state index in [0.29, 0.717) is 12.3 Å². The van der Waals surface area contributed by atoms with E-state index in [1.165, 1.54) is 17.7 Å². The van der Waals surface area contributed by atoms with E-state index in [2.05, 4.69) is 10.2 Å². The lowest BCUT2D eigenvalue weighted by Crippen LogP contribution is -2.30. The molecule has 0 unspecified atom stereocenters. The highest BCUT2D eigenvalue weighted by atomic mass is 16.5. The number of anilines is 1. The van der Waals surface area contributed by atoms with Crippen LogP contribution in [0.4, 0.5) is 10.5 Å². The highest BCUT2D eigenvalue weighted by Gasteiger charge is 2.32. The number of hydrogen-bond acceptors (Lipinski definition) is 4. The van der Waals surface area contributed by atoms with Crippen LogP contribution in [-0.4, -0.2) is 43.6 Å². The van der Waals surface area contributed by atoms with Crippen LogP contribution in [0.25, 0.3) is 6.08 Å². The molecule has 6 nitrogen and oxygen atoms in total. The summed E-state index contributed by atoms with van der Waals surface area (Å²) in [6.07, 6.45) is 4.09. The summed E-state index contributed by atoms with van der Waals surface area (Å²) in [6.45, 7) is 4.24. The van der Waals surface area contributed by atoms with E-state index in [1.54, 1.807) is 20.1 Å². The van der Waals surface area contributed by atoms with Gasteiger partial charge in [0.1, 0.15) is 11.4 Å². The number of benzene rings is 1.